The van der Waals surface area contributed by atoms with Crippen LogP contribution in [0.4, 0.5) is 0 Å². The second kappa shape index (κ2) is 6.41. The molecule has 0 amide bonds. The van der Waals surface area contributed by atoms with Gasteiger partial charge in [-0.2, -0.15) is 0 Å². The van der Waals surface area contributed by atoms with Crippen LogP contribution in [0.3, 0.4) is 0 Å². The molecule has 1 unspecified atom stereocenters. The lowest BCUT2D eigenvalue weighted by Crippen LogP contribution is -2.38. The monoisotopic (exact) mass is 198 g/mol. The minimum Gasteiger partial charge on any atom is -0.330 e. The molecular formula is C12H26N2. The van der Waals surface area contributed by atoms with Crippen molar-refractivity contribution in [3.05, 3.63) is 0 Å². The van der Waals surface area contributed by atoms with Crippen LogP contribution in [0.15, 0.2) is 0 Å². The average molecular weight is 198 g/mol. The molecule has 0 heterocycles. The Morgan fingerprint density at radius 1 is 1.29 bits per heavy atom. The smallest absolute Gasteiger partial charge is 0.00923 e. The van der Waals surface area contributed by atoms with Gasteiger partial charge in [0.25, 0.3) is 0 Å². The summed E-state index contributed by atoms with van der Waals surface area (Å²) in [5.74, 6) is 0.696. The van der Waals surface area contributed by atoms with E-state index in [0.717, 1.165) is 12.6 Å². The van der Waals surface area contributed by atoms with Crippen molar-refractivity contribution >= 4 is 0 Å². The Bertz CT molecular complexity index is 137. The van der Waals surface area contributed by atoms with Crippen molar-refractivity contribution in [2.75, 3.05) is 20.1 Å². The molecule has 2 nitrogen and oxygen atoms in total. The number of hydrogen-bond acceptors (Lipinski definition) is 2. The van der Waals surface area contributed by atoms with Crippen molar-refractivity contribution in [3.8, 4) is 0 Å². The molecule has 2 heteroatoms. The minimum atomic E-state index is 0.696. The van der Waals surface area contributed by atoms with Crippen molar-refractivity contribution in [3.63, 3.8) is 0 Å². The van der Waals surface area contributed by atoms with Crippen LogP contribution in [-0.4, -0.2) is 31.1 Å². The van der Waals surface area contributed by atoms with E-state index < -0.39 is 0 Å². The van der Waals surface area contributed by atoms with E-state index >= 15 is 0 Å². The molecule has 14 heavy (non-hydrogen) atoms. The summed E-state index contributed by atoms with van der Waals surface area (Å²) < 4.78 is 0. The van der Waals surface area contributed by atoms with E-state index in [0.29, 0.717) is 5.92 Å². The predicted octanol–water partition coefficient (Wildman–Crippen LogP) is 2.24. The fraction of sp³-hybridized carbons (Fsp3) is 1.00. The van der Waals surface area contributed by atoms with Crippen molar-refractivity contribution < 1.29 is 0 Å². The fourth-order valence-corrected chi connectivity index (χ4v) is 2.45. The molecule has 1 saturated carbocycles. The maximum absolute atomic E-state index is 5.73. The molecule has 0 saturated heterocycles. The van der Waals surface area contributed by atoms with E-state index in [2.05, 4.69) is 18.9 Å². The number of nitrogens with zero attached hydrogens (tertiary/aromatic N) is 1. The van der Waals surface area contributed by atoms with Gasteiger partial charge in [-0.3, -0.25) is 0 Å². The molecule has 0 aromatic heterocycles. The first-order valence-corrected chi connectivity index (χ1v) is 6.18. The van der Waals surface area contributed by atoms with Crippen LogP contribution in [0.5, 0.6) is 0 Å². The van der Waals surface area contributed by atoms with Crippen LogP contribution in [0, 0.1) is 5.92 Å². The molecule has 0 aromatic rings. The molecule has 1 aliphatic rings. The third kappa shape index (κ3) is 3.58. The van der Waals surface area contributed by atoms with Gasteiger partial charge in [0.1, 0.15) is 0 Å². The summed E-state index contributed by atoms with van der Waals surface area (Å²) in [6, 6.07) is 0.837. The molecule has 0 bridgehead atoms. The Labute approximate surface area is 88.8 Å². The highest BCUT2D eigenvalue weighted by atomic mass is 15.1. The average Bonchev–Trinajstić information content (AvgIpc) is 2.26. The summed E-state index contributed by atoms with van der Waals surface area (Å²) in [5, 5.41) is 0. The summed E-state index contributed by atoms with van der Waals surface area (Å²) >= 11 is 0. The summed E-state index contributed by atoms with van der Waals surface area (Å²) in [4.78, 5) is 2.54. The molecule has 0 spiro atoms. The van der Waals surface area contributed by atoms with Gasteiger partial charge in [0.2, 0.25) is 0 Å². The Kier molecular flexibility index (Phi) is 5.49. The SMILES string of the molecule is CCC(CN)CN(C)C1CCCCC1. The van der Waals surface area contributed by atoms with Crippen molar-refractivity contribution in [1.82, 2.24) is 4.90 Å². The Balaban J connectivity index is 2.27. The van der Waals surface area contributed by atoms with E-state index in [1.54, 1.807) is 0 Å². The molecule has 1 aliphatic carbocycles. The normalized spacial score (nSPS) is 21.4. The van der Waals surface area contributed by atoms with Gasteiger partial charge in [0.05, 0.1) is 0 Å². The number of nitrogens with two attached hydrogens (primary N) is 1. The van der Waals surface area contributed by atoms with Gasteiger partial charge in [0.15, 0.2) is 0 Å². The van der Waals surface area contributed by atoms with Crippen molar-refractivity contribution in [2.24, 2.45) is 11.7 Å². The highest BCUT2D eigenvalue weighted by Gasteiger charge is 2.19. The van der Waals surface area contributed by atoms with Crippen LogP contribution in [0.1, 0.15) is 45.4 Å². The number of rotatable bonds is 5. The van der Waals surface area contributed by atoms with Gasteiger partial charge in [-0.1, -0.05) is 32.6 Å². The Morgan fingerprint density at radius 3 is 2.43 bits per heavy atom. The predicted molar refractivity (Wildman–Crippen MR) is 62.3 cm³/mol. The summed E-state index contributed by atoms with van der Waals surface area (Å²) in [5.41, 5.74) is 5.73. The Hall–Kier alpha value is -0.0800. The van der Waals surface area contributed by atoms with Gasteiger partial charge in [0, 0.05) is 12.6 Å². The topological polar surface area (TPSA) is 29.3 Å². The number of hydrogen-bond donors (Lipinski definition) is 1. The molecule has 0 aliphatic heterocycles. The molecule has 1 fully saturated rings. The molecule has 0 radical (unpaired) electrons. The van der Waals surface area contributed by atoms with Crippen LogP contribution in [0.25, 0.3) is 0 Å². The summed E-state index contributed by atoms with van der Waals surface area (Å²) in [6.45, 7) is 4.28. The second-order valence-electron chi connectivity index (χ2n) is 4.74. The van der Waals surface area contributed by atoms with Crippen LogP contribution in [-0.2, 0) is 0 Å². The minimum absolute atomic E-state index is 0.696. The van der Waals surface area contributed by atoms with Gasteiger partial charge < -0.3 is 10.6 Å². The van der Waals surface area contributed by atoms with Crippen LogP contribution in [0.2, 0.25) is 0 Å². The fourth-order valence-electron chi connectivity index (χ4n) is 2.45. The van der Waals surface area contributed by atoms with E-state index in [1.165, 1.54) is 45.1 Å². The quantitative estimate of drug-likeness (QED) is 0.734. The molecule has 1 rings (SSSR count). The maximum atomic E-state index is 5.73. The van der Waals surface area contributed by atoms with Crippen molar-refractivity contribution in [1.29, 1.82) is 0 Å². The Morgan fingerprint density at radius 2 is 1.93 bits per heavy atom. The third-order valence-electron chi connectivity index (χ3n) is 3.65. The molecule has 1 atom stereocenters. The summed E-state index contributed by atoms with van der Waals surface area (Å²) in [6.07, 6.45) is 8.31. The zero-order chi connectivity index (χ0) is 10.4. The first-order chi connectivity index (χ1) is 6.77. The van der Waals surface area contributed by atoms with Crippen molar-refractivity contribution in [2.45, 2.75) is 51.5 Å². The lowest BCUT2D eigenvalue weighted by molar-refractivity contribution is 0.166. The van der Waals surface area contributed by atoms with E-state index in [-0.39, 0.29) is 0 Å². The van der Waals surface area contributed by atoms with Crippen LogP contribution >= 0.6 is 0 Å². The lowest BCUT2D eigenvalue weighted by atomic mass is 9.93. The molecule has 0 aromatic carbocycles. The zero-order valence-corrected chi connectivity index (χ0v) is 9.84. The zero-order valence-electron chi connectivity index (χ0n) is 9.84. The highest BCUT2D eigenvalue weighted by molar-refractivity contribution is 4.75. The van der Waals surface area contributed by atoms with Gasteiger partial charge in [-0.05, 0) is 32.4 Å². The van der Waals surface area contributed by atoms with E-state index in [4.69, 9.17) is 5.73 Å². The van der Waals surface area contributed by atoms with Gasteiger partial charge in [-0.25, -0.2) is 0 Å². The third-order valence-corrected chi connectivity index (χ3v) is 3.65. The maximum Gasteiger partial charge on any atom is 0.00923 e. The first-order valence-electron chi connectivity index (χ1n) is 6.18. The standard InChI is InChI=1S/C12H26N2/c1-3-11(9-13)10-14(2)12-7-5-4-6-8-12/h11-12H,3-10,13H2,1-2H3. The van der Waals surface area contributed by atoms with Gasteiger partial charge in [-0.15, -0.1) is 0 Å². The highest BCUT2D eigenvalue weighted by Crippen LogP contribution is 2.22. The van der Waals surface area contributed by atoms with E-state index in [1.807, 2.05) is 0 Å². The van der Waals surface area contributed by atoms with Gasteiger partial charge >= 0.3 is 0 Å². The van der Waals surface area contributed by atoms with E-state index in [9.17, 15) is 0 Å². The molecule has 84 valence electrons. The second-order valence-corrected chi connectivity index (χ2v) is 4.74. The molecule has 2 N–H and O–H groups in total. The molecular weight excluding hydrogens is 172 g/mol. The lowest BCUT2D eigenvalue weighted by Gasteiger charge is -2.33. The van der Waals surface area contributed by atoms with Crippen LogP contribution < -0.4 is 5.73 Å². The first kappa shape index (κ1) is 12.0. The largest absolute Gasteiger partial charge is 0.330 e. The summed E-state index contributed by atoms with van der Waals surface area (Å²) in [7, 11) is 2.27.